The summed E-state index contributed by atoms with van der Waals surface area (Å²) in [4.78, 5) is 19.3. The van der Waals surface area contributed by atoms with Crippen LogP contribution in [0.5, 0.6) is 0 Å². The van der Waals surface area contributed by atoms with E-state index in [0.717, 1.165) is 74.1 Å². The predicted octanol–water partition coefficient (Wildman–Crippen LogP) is 4.35. The SMILES string of the molecule is Cc1ccc2cc([C@H](c3nnnn3C[C@H]3CCCO3)N3CCC(Cc4ccccc4)CC3)c(=O)[nH]c2c1C. The van der Waals surface area contributed by atoms with Crippen molar-refractivity contribution in [3.63, 3.8) is 0 Å². The number of pyridine rings is 1. The monoisotopic (exact) mass is 512 g/mol. The lowest BCUT2D eigenvalue weighted by Crippen LogP contribution is -2.41. The van der Waals surface area contributed by atoms with Crippen LogP contribution in [0.15, 0.2) is 53.3 Å². The van der Waals surface area contributed by atoms with E-state index >= 15 is 0 Å². The van der Waals surface area contributed by atoms with Crippen molar-refractivity contribution in [1.82, 2.24) is 30.1 Å². The quantitative estimate of drug-likeness (QED) is 0.396. The fourth-order valence-electron chi connectivity index (χ4n) is 6.13. The molecule has 0 radical (unpaired) electrons. The van der Waals surface area contributed by atoms with Crippen LogP contribution in [-0.4, -0.2) is 55.9 Å². The summed E-state index contributed by atoms with van der Waals surface area (Å²) in [6, 6.07) is 16.7. The van der Waals surface area contributed by atoms with Gasteiger partial charge in [-0.25, -0.2) is 4.68 Å². The summed E-state index contributed by atoms with van der Waals surface area (Å²) in [5.41, 5.74) is 5.18. The molecule has 38 heavy (non-hydrogen) atoms. The average molecular weight is 513 g/mol. The number of nitrogens with one attached hydrogen (secondary N) is 1. The van der Waals surface area contributed by atoms with Crippen LogP contribution in [0.4, 0.5) is 0 Å². The number of H-pyrrole nitrogens is 1. The smallest absolute Gasteiger partial charge is 0.253 e. The first-order valence-corrected chi connectivity index (χ1v) is 13.9. The van der Waals surface area contributed by atoms with Crippen molar-refractivity contribution in [2.24, 2.45) is 5.92 Å². The zero-order valence-electron chi connectivity index (χ0n) is 22.3. The van der Waals surface area contributed by atoms with Crippen LogP contribution in [0.2, 0.25) is 0 Å². The Morgan fingerprint density at radius 3 is 2.66 bits per heavy atom. The maximum atomic E-state index is 13.7. The first kappa shape index (κ1) is 24.9. The van der Waals surface area contributed by atoms with E-state index in [9.17, 15) is 4.79 Å². The molecule has 0 saturated carbocycles. The molecule has 4 aromatic rings. The summed E-state index contributed by atoms with van der Waals surface area (Å²) in [7, 11) is 0. The van der Waals surface area contributed by atoms with Crippen LogP contribution in [0.1, 0.15) is 59.8 Å². The lowest BCUT2D eigenvalue weighted by Gasteiger charge is -2.37. The van der Waals surface area contributed by atoms with E-state index in [4.69, 9.17) is 4.74 Å². The summed E-state index contributed by atoms with van der Waals surface area (Å²) in [6.45, 7) is 7.29. The van der Waals surface area contributed by atoms with Crippen LogP contribution in [0.3, 0.4) is 0 Å². The van der Waals surface area contributed by atoms with Gasteiger partial charge in [-0.05, 0) is 104 Å². The zero-order chi connectivity index (χ0) is 26.1. The molecule has 1 N–H and O–H groups in total. The number of nitrogens with zero attached hydrogens (tertiary/aromatic N) is 5. The number of hydrogen-bond donors (Lipinski definition) is 1. The van der Waals surface area contributed by atoms with Crippen molar-refractivity contribution in [2.75, 3.05) is 19.7 Å². The van der Waals surface area contributed by atoms with E-state index in [0.29, 0.717) is 18.0 Å². The van der Waals surface area contributed by atoms with Crippen molar-refractivity contribution >= 4 is 10.9 Å². The third kappa shape index (κ3) is 5.02. The van der Waals surface area contributed by atoms with Gasteiger partial charge in [0.15, 0.2) is 5.82 Å². The summed E-state index contributed by atoms with van der Waals surface area (Å²) in [5, 5.41) is 13.9. The van der Waals surface area contributed by atoms with Gasteiger partial charge >= 0.3 is 0 Å². The molecule has 2 fully saturated rings. The summed E-state index contributed by atoms with van der Waals surface area (Å²) < 4.78 is 7.75. The topological polar surface area (TPSA) is 88.9 Å². The molecule has 0 bridgehead atoms. The minimum absolute atomic E-state index is 0.0747. The molecule has 198 valence electrons. The highest BCUT2D eigenvalue weighted by molar-refractivity contribution is 5.83. The summed E-state index contributed by atoms with van der Waals surface area (Å²) >= 11 is 0. The largest absolute Gasteiger partial charge is 0.376 e. The number of fused-ring (bicyclic) bond motifs is 1. The maximum absolute atomic E-state index is 13.7. The number of tetrazole rings is 1. The van der Waals surface area contributed by atoms with Gasteiger partial charge in [0.05, 0.1) is 18.2 Å². The highest BCUT2D eigenvalue weighted by Gasteiger charge is 2.34. The lowest BCUT2D eigenvalue weighted by atomic mass is 9.89. The van der Waals surface area contributed by atoms with Gasteiger partial charge in [0.1, 0.15) is 6.04 Å². The van der Waals surface area contributed by atoms with Crippen LogP contribution < -0.4 is 5.56 Å². The van der Waals surface area contributed by atoms with Crippen molar-refractivity contribution in [2.45, 2.75) is 64.6 Å². The van der Waals surface area contributed by atoms with E-state index in [1.165, 1.54) is 11.1 Å². The highest BCUT2D eigenvalue weighted by Crippen LogP contribution is 2.33. The van der Waals surface area contributed by atoms with Crippen molar-refractivity contribution in [1.29, 1.82) is 0 Å². The maximum Gasteiger partial charge on any atom is 0.253 e. The van der Waals surface area contributed by atoms with Gasteiger partial charge in [-0.1, -0.05) is 42.5 Å². The van der Waals surface area contributed by atoms with Gasteiger partial charge in [-0.15, -0.1) is 5.10 Å². The molecule has 0 aliphatic carbocycles. The first-order valence-electron chi connectivity index (χ1n) is 13.9. The Bertz CT molecular complexity index is 1450. The molecule has 2 aliphatic rings. The van der Waals surface area contributed by atoms with Gasteiger partial charge in [0.25, 0.3) is 5.56 Å². The van der Waals surface area contributed by atoms with Crippen LogP contribution in [-0.2, 0) is 17.7 Å². The van der Waals surface area contributed by atoms with Crippen molar-refractivity contribution in [3.05, 3.63) is 87.0 Å². The fraction of sp³-hybridized carbons (Fsp3) is 0.467. The van der Waals surface area contributed by atoms with Gasteiger partial charge < -0.3 is 9.72 Å². The van der Waals surface area contributed by atoms with Gasteiger partial charge in [0, 0.05) is 12.2 Å². The van der Waals surface area contributed by atoms with Crippen molar-refractivity contribution in [3.8, 4) is 0 Å². The lowest BCUT2D eigenvalue weighted by molar-refractivity contribution is 0.0892. The Morgan fingerprint density at radius 2 is 1.89 bits per heavy atom. The molecule has 8 heteroatoms. The number of ether oxygens (including phenoxy) is 1. The molecule has 2 aromatic heterocycles. The molecule has 2 saturated heterocycles. The number of piperidine rings is 1. The second-order valence-corrected chi connectivity index (χ2v) is 11.0. The van der Waals surface area contributed by atoms with Crippen LogP contribution in [0, 0.1) is 19.8 Å². The fourth-order valence-corrected chi connectivity index (χ4v) is 6.13. The third-order valence-electron chi connectivity index (χ3n) is 8.46. The Labute approximate surface area is 223 Å². The highest BCUT2D eigenvalue weighted by atomic mass is 16.5. The normalized spacial score (nSPS) is 19.8. The number of aryl methyl sites for hydroxylation is 2. The number of benzene rings is 2. The Morgan fingerprint density at radius 1 is 1.08 bits per heavy atom. The van der Waals surface area contributed by atoms with Gasteiger partial charge in [-0.3, -0.25) is 9.69 Å². The average Bonchev–Trinajstić information content (AvgIpc) is 3.62. The predicted molar refractivity (Wildman–Crippen MR) is 147 cm³/mol. The Hall–Kier alpha value is -3.36. The number of rotatable bonds is 7. The third-order valence-corrected chi connectivity index (χ3v) is 8.46. The van der Waals surface area contributed by atoms with E-state index < -0.39 is 0 Å². The van der Waals surface area contributed by atoms with Crippen LogP contribution in [0.25, 0.3) is 10.9 Å². The van der Waals surface area contributed by atoms with E-state index in [2.05, 4.69) is 81.7 Å². The van der Waals surface area contributed by atoms with E-state index in [1.807, 2.05) is 10.7 Å². The first-order chi connectivity index (χ1) is 18.6. The second-order valence-electron chi connectivity index (χ2n) is 11.0. The summed E-state index contributed by atoms with van der Waals surface area (Å²) in [6.07, 6.45) is 5.40. The molecule has 0 amide bonds. The molecular formula is C30H36N6O2. The second kappa shape index (κ2) is 10.8. The summed E-state index contributed by atoms with van der Waals surface area (Å²) in [5.74, 6) is 1.34. The standard InChI is InChI=1S/C30H36N6O2/c1-20-10-11-24-18-26(30(37)31-27(24)21(20)2)28(29-32-33-34-36(29)19-25-9-6-16-38-25)35-14-12-23(13-15-35)17-22-7-4-3-5-8-22/h3-5,7-8,10-11,18,23,25,28H,6,9,12-17,19H2,1-2H3,(H,31,37)/t25-,28-/m1/s1. The molecule has 0 spiro atoms. The zero-order valence-corrected chi connectivity index (χ0v) is 22.3. The molecule has 8 nitrogen and oxygen atoms in total. The number of likely N-dealkylation sites (tertiary alicyclic amines) is 1. The van der Waals surface area contributed by atoms with Crippen LogP contribution >= 0.6 is 0 Å². The molecule has 4 heterocycles. The minimum atomic E-state index is -0.321. The number of hydrogen-bond acceptors (Lipinski definition) is 6. The van der Waals surface area contributed by atoms with Gasteiger partial charge in [0.2, 0.25) is 0 Å². The molecule has 6 rings (SSSR count). The van der Waals surface area contributed by atoms with Gasteiger partial charge in [-0.2, -0.15) is 0 Å². The van der Waals surface area contributed by atoms with E-state index in [1.54, 1.807) is 0 Å². The Balaban J connectivity index is 1.34. The van der Waals surface area contributed by atoms with Crippen molar-refractivity contribution < 1.29 is 4.74 Å². The minimum Gasteiger partial charge on any atom is -0.376 e. The molecule has 2 aliphatic heterocycles. The Kier molecular flexibility index (Phi) is 7.08. The molecule has 0 unspecified atom stereocenters. The van der Waals surface area contributed by atoms with E-state index in [-0.39, 0.29) is 17.7 Å². The molecule has 2 aromatic carbocycles. The molecular weight excluding hydrogens is 476 g/mol. The molecule has 2 atom stereocenters. The number of aromatic amines is 1. The number of aromatic nitrogens is 5.